The van der Waals surface area contributed by atoms with Gasteiger partial charge in [0.05, 0.1) is 12.5 Å². The van der Waals surface area contributed by atoms with Crippen molar-refractivity contribution >= 4 is 5.97 Å². The van der Waals surface area contributed by atoms with Crippen LogP contribution in [0.4, 0.5) is 0 Å². The summed E-state index contributed by atoms with van der Waals surface area (Å²) < 4.78 is 4.83. The van der Waals surface area contributed by atoms with Gasteiger partial charge in [0.1, 0.15) is 11.5 Å². The van der Waals surface area contributed by atoms with Gasteiger partial charge >= 0.3 is 5.97 Å². The predicted molar refractivity (Wildman–Crippen MR) is 52.5 cm³/mol. The molecule has 80 valence electrons. The van der Waals surface area contributed by atoms with Gasteiger partial charge in [-0.15, -0.1) is 0 Å². The second-order valence-corrected chi connectivity index (χ2v) is 3.67. The first kappa shape index (κ1) is 9.83. The molecule has 1 unspecified atom stereocenters. The van der Waals surface area contributed by atoms with E-state index < -0.39 is 0 Å². The average molecular weight is 208 g/mol. The van der Waals surface area contributed by atoms with Crippen LogP contribution in [0.15, 0.2) is 18.2 Å². The minimum atomic E-state index is -0.206. The predicted octanol–water partition coefficient (Wildman–Crippen LogP) is 1.20. The standard InChI is InChI=1S/C11H12O4/c12-9-2-1-7(10(13)6-9)5-8-3-4-15-11(8)14/h1-2,6,8,12-13H,3-5H2. The van der Waals surface area contributed by atoms with Crippen LogP contribution in [-0.4, -0.2) is 22.8 Å². The number of phenolic OH excluding ortho intramolecular Hbond substituents is 2. The molecule has 1 fully saturated rings. The summed E-state index contributed by atoms with van der Waals surface area (Å²) in [6, 6.07) is 4.39. The number of hydrogen-bond donors (Lipinski definition) is 2. The fraction of sp³-hybridized carbons (Fsp3) is 0.364. The van der Waals surface area contributed by atoms with Crippen molar-refractivity contribution in [2.24, 2.45) is 5.92 Å². The molecular formula is C11H12O4. The minimum Gasteiger partial charge on any atom is -0.508 e. The van der Waals surface area contributed by atoms with Gasteiger partial charge < -0.3 is 14.9 Å². The van der Waals surface area contributed by atoms with E-state index in [2.05, 4.69) is 0 Å². The quantitative estimate of drug-likeness (QED) is 0.717. The lowest BCUT2D eigenvalue weighted by atomic mass is 9.97. The van der Waals surface area contributed by atoms with Crippen LogP contribution in [0.2, 0.25) is 0 Å². The first-order chi connectivity index (χ1) is 7.16. The van der Waals surface area contributed by atoms with Crippen LogP contribution in [-0.2, 0) is 16.0 Å². The topological polar surface area (TPSA) is 66.8 Å². The molecule has 0 spiro atoms. The number of aromatic hydroxyl groups is 2. The molecule has 15 heavy (non-hydrogen) atoms. The summed E-state index contributed by atoms with van der Waals surface area (Å²) in [5, 5.41) is 18.6. The Morgan fingerprint density at radius 3 is 2.80 bits per heavy atom. The molecule has 0 bridgehead atoms. The summed E-state index contributed by atoms with van der Waals surface area (Å²) in [6.07, 6.45) is 1.16. The van der Waals surface area contributed by atoms with Gasteiger partial charge in [-0.2, -0.15) is 0 Å². The second kappa shape index (κ2) is 3.81. The van der Waals surface area contributed by atoms with Crippen molar-refractivity contribution in [3.05, 3.63) is 23.8 Å². The number of hydrogen-bond acceptors (Lipinski definition) is 4. The normalized spacial score (nSPS) is 20.3. The highest BCUT2D eigenvalue weighted by Gasteiger charge is 2.27. The fourth-order valence-electron chi connectivity index (χ4n) is 1.71. The van der Waals surface area contributed by atoms with Gasteiger partial charge in [0.15, 0.2) is 0 Å². The molecule has 1 aliphatic heterocycles. The summed E-state index contributed by atoms with van der Waals surface area (Å²) in [5.74, 6) is -0.331. The van der Waals surface area contributed by atoms with Crippen molar-refractivity contribution in [3.63, 3.8) is 0 Å². The second-order valence-electron chi connectivity index (χ2n) is 3.67. The van der Waals surface area contributed by atoms with E-state index in [9.17, 15) is 9.90 Å². The van der Waals surface area contributed by atoms with Gasteiger partial charge in [-0.05, 0) is 24.5 Å². The molecule has 4 heteroatoms. The van der Waals surface area contributed by atoms with Crippen LogP contribution < -0.4 is 0 Å². The minimum absolute atomic E-state index is 0.0187. The Labute approximate surface area is 87.1 Å². The number of benzene rings is 1. The van der Waals surface area contributed by atoms with Gasteiger partial charge in [-0.1, -0.05) is 6.07 Å². The zero-order valence-electron chi connectivity index (χ0n) is 8.14. The maximum absolute atomic E-state index is 11.2. The number of cyclic esters (lactones) is 1. The summed E-state index contributed by atoms with van der Waals surface area (Å²) in [4.78, 5) is 11.2. The molecule has 0 aromatic heterocycles. The van der Waals surface area contributed by atoms with Gasteiger partial charge in [-0.25, -0.2) is 0 Å². The van der Waals surface area contributed by atoms with Crippen molar-refractivity contribution in [3.8, 4) is 11.5 Å². The Kier molecular flexibility index (Phi) is 2.49. The first-order valence-electron chi connectivity index (χ1n) is 4.84. The molecule has 0 amide bonds. The lowest BCUT2D eigenvalue weighted by Crippen LogP contribution is -2.10. The molecule has 2 rings (SSSR count). The molecule has 0 saturated carbocycles. The van der Waals surface area contributed by atoms with Crippen LogP contribution in [0, 0.1) is 5.92 Å². The SMILES string of the molecule is O=C1OCCC1Cc1ccc(O)cc1O. The largest absolute Gasteiger partial charge is 0.508 e. The summed E-state index contributed by atoms with van der Waals surface area (Å²) in [7, 11) is 0. The smallest absolute Gasteiger partial charge is 0.309 e. The lowest BCUT2D eigenvalue weighted by Gasteiger charge is -2.07. The number of carbonyl (C=O) groups is 1. The van der Waals surface area contributed by atoms with E-state index in [1.807, 2.05) is 0 Å². The molecule has 1 aromatic rings. The number of carbonyl (C=O) groups excluding carboxylic acids is 1. The molecule has 0 aliphatic carbocycles. The van der Waals surface area contributed by atoms with E-state index in [4.69, 9.17) is 9.84 Å². The maximum Gasteiger partial charge on any atom is 0.309 e. The summed E-state index contributed by atoms with van der Waals surface area (Å²) in [5.41, 5.74) is 0.664. The van der Waals surface area contributed by atoms with Crippen LogP contribution in [0.3, 0.4) is 0 Å². The Morgan fingerprint density at radius 2 is 2.20 bits per heavy atom. The van der Waals surface area contributed by atoms with Crippen LogP contribution >= 0.6 is 0 Å². The van der Waals surface area contributed by atoms with Gasteiger partial charge in [0, 0.05) is 6.07 Å². The average Bonchev–Trinajstić information content (AvgIpc) is 2.57. The highest BCUT2D eigenvalue weighted by atomic mass is 16.5. The molecule has 1 aliphatic rings. The third kappa shape index (κ3) is 2.03. The van der Waals surface area contributed by atoms with Crippen molar-refractivity contribution in [1.82, 2.24) is 0 Å². The molecule has 4 nitrogen and oxygen atoms in total. The monoisotopic (exact) mass is 208 g/mol. The van der Waals surface area contributed by atoms with E-state index in [1.54, 1.807) is 6.07 Å². The van der Waals surface area contributed by atoms with E-state index in [0.29, 0.717) is 25.0 Å². The van der Waals surface area contributed by atoms with E-state index in [1.165, 1.54) is 12.1 Å². The van der Waals surface area contributed by atoms with Crippen LogP contribution in [0.5, 0.6) is 11.5 Å². The molecule has 1 atom stereocenters. The van der Waals surface area contributed by atoms with Crippen LogP contribution in [0.1, 0.15) is 12.0 Å². The number of phenols is 2. The molecular weight excluding hydrogens is 196 g/mol. The fourth-order valence-corrected chi connectivity index (χ4v) is 1.71. The van der Waals surface area contributed by atoms with E-state index in [-0.39, 0.29) is 23.4 Å². The highest BCUT2D eigenvalue weighted by molar-refractivity contribution is 5.74. The van der Waals surface area contributed by atoms with Gasteiger partial charge in [0.2, 0.25) is 0 Å². The molecule has 1 aromatic carbocycles. The Hall–Kier alpha value is -1.71. The van der Waals surface area contributed by atoms with E-state index >= 15 is 0 Å². The third-order valence-electron chi connectivity index (χ3n) is 2.58. The number of esters is 1. The first-order valence-corrected chi connectivity index (χ1v) is 4.84. The number of rotatable bonds is 2. The molecule has 1 saturated heterocycles. The van der Waals surface area contributed by atoms with E-state index in [0.717, 1.165) is 0 Å². The van der Waals surface area contributed by atoms with Crippen molar-refractivity contribution in [1.29, 1.82) is 0 Å². The Morgan fingerprint density at radius 1 is 1.40 bits per heavy atom. The molecule has 0 radical (unpaired) electrons. The zero-order chi connectivity index (χ0) is 10.8. The van der Waals surface area contributed by atoms with Gasteiger partial charge in [0.25, 0.3) is 0 Å². The van der Waals surface area contributed by atoms with Gasteiger partial charge in [-0.3, -0.25) is 4.79 Å². The van der Waals surface area contributed by atoms with Crippen LogP contribution in [0.25, 0.3) is 0 Å². The summed E-state index contributed by atoms with van der Waals surface area (Å²) >= 11 is 0. The maximum atomic E-state index is 11.2. The summed E-state index contributed by atoms with van der Waals surface area (Å²) in [6.45, 7) is 0.461. The Balaban J connectivity index is 2.13. The Bertz CT molecular complexity index is 386. The van der Waals surface area contributed by atoms with Crippen molar-refractivity contribution in [2.75, 3.05) is 6.61 Å². The highest BCUT2D eigenvalue weighted by Crippen LogP contribution is 2.27. The third-order valence-corrected chi connectivity index (χ3v) is 2.58. The number of ether oxygens (including phenoxy) is 1. The lowest BCUT2D eigenvalue weighted by molar-refractivity contribution is -0.141. The molecule has 1 heterocycles. The zero-order valence-corrected chi connectivity index (χ0v) is 8.14. The molecule has 2 N–H and O–H groups in total. The van der Waals surface area contributed by atoms with Crippen molar-refractivity contribution in [2.45, 2.75) is 12.8 Å². The van der Waals surface area contributed by atoms with Crippen molar-refractivity contribution < 1.29 is 19.7 Å².